The Morgan fingerprint density at radius 3 is 2.57 bits per heavy atom. The second-order valence-corrected chi connectivity index (χ2v) is 4.99. The highest BCUT2D eigenvalue weighted by Crippen LogP contribution is 2.27. The molecule has 0 aliphatic heterocycles. The zero-order chi connectivity index (χ0) is 15.8. The molecule has 0 fully saturated rings. The predicted molar refractivity (Wildman–Crippen MR) is 77.9 cm³/mol. The molecule has 2 N–H and O–H groups in total. The van der Waals surface area contributed by atoms with Gasteiger partial charge in [-0.2, -0.15) is 0 Å². The van der Waals surface area contributed by atoms with Crippen LogP contribution in [0.3, 0.4) is 0 Å². The molecule has 0 aromatic heterocycles. The molecular formula is C15H21NO5. The van der Waals surface area contributed by atoms with E-state index in [1.807, 2.05) is 0 Å². The zero-order valence-corrected chi connectivity index (χ0v) is 12.5. The number of benzene rings is 1. The fourth-order valence-electron chi connectivity index (χ4n) is 1.62. The lowest BCUT2D eigenvalue weighted by molar-refractivity contribution is -0.123. The number of carboxylic acid groups (broad SMARTS) is 1. The SMILES string of the molecule is COc1ccc(C(=O)O)cc1OCC(=O)NCCC(C)C. The van der Waals surface area contributed by atoms with Gasteiger partial charge in [-0.15, -0.1) is 0 Å². The minimum absolute atomic E-state index is 0.0750. The van der Waals surface area contributed by atoms with Gasteiger partial charge in [0.25, 0.3) is 5.91 Å². The van der Waals surface area contributed by atoms with Gasteiger partial charge in [0.2, 0.25) is 0 Å². The molecule has 0 saturated carbocycles. The maximum atomic E-state index is 11.6. The first-order chi connectivity index (χ1) is 9.93. The summed E-state index contributed by atoms with van der Waals surface area (Å²) in [6.07, 6.45) is 0.892. The molecule has 6 heteroatoms. The Kier molecular flexibility index (Phi) is 6.52. The van der Waals surface area contributed by atoms with Crippen LogP contribution in [0.25, 0.3) is 0 Å². The zero-order valence-electron chi connectivity index (χ0n) is 12.5. The highest BCUT2D eigenvalue weighted by Gasteiger charge is 2.11. The molecule has 1 amide bonds. The van der Waals surface area contributed by atoms with Crippen molar-refractivity contribution in [2.45, 2.75) is 20.3 Å². The molecule has 0 atom stereocenters. The number of rotatable bonds is 8. The monoisotopic (exact) mass is 295 g/mol. The van der Waals surface area contributed by atoms with E-state index in [1.165, 1.54) is 25.3 Å². The molecule has 0 radical (unpaired) electrons. The van der Waals surface area contributed by atoms with Crippen molar-refractivity contribution < 1.29 is 24.2 Å². The Labute approximate surface area is 124 Å². The van der Waals surface area contributed by atoms with Crippen LogP contribution in [0.4, 0.5) is 0 Å². The van der Waals surface area contributed by atoms with Gasteiger partial charge in [0, 0.05) is 6.54 Å². The van der Waals surface area contributed by atoms with Crippen LogP contribution in [-0.4, -0.2) is 37.2 Å². The third-order valence-electron chi connectivity index (χ3n) is 2.81. The summed E-state index contributed by atoms with van der Waals surface area (Å²) in [6, 6.07) is 4.24. The van der Waals surface area contributed by atoms with Crippen LogP contribution in [0.5, 0.6) is 11.5 Å². The number of carboxylic acids is 1. The van der Waals surface area contributed by atoms with E-state index >= 15 is 0 Å². The Hall–Kier alpha value is -2.24. The molecule has 1 aromatic carbocycles. The summed E-state index contributed by atoms with van der Waals surface area (Å²) in [5.41, 5.74) is 0.0750. The summed E-state index contributed by atoms with van der Waals surface area (Å²) in [5, 5.41) is 11.7. The molecule has 0 aliphatic rings. The van der Waals surface area contributed by atoms with E-state index in [4.69, 9.17) is 14.6 Å². The van der Waals surface area contributed by atoms with Crippen molar-refractivity contribution in [2.75, 3.05) is 20.3 Å². The molecule has 0 aliphatic carbocycles. The molecule has 116 valence electrons. The Bertz CT molecular complexity index is 499. The third-order valence-corrected chi connectivity index (χ3v) is 2.81. The number of carbonyl (C=O) groups excluding carboxylic acids is 1. The minimum Gasteiger partial charge on any atom is -0.493 e. The Balaban J connectivity index is 2.59. The number of aromatic carboxylic acids is 1. The average molecular weight is 295 g/mol. The first-order valence-corrected chi connectivity index (χ1v) is 6.75. The number of hydrogen-bond acceptors (Lipinski definition) is 4. The van der Waals surface area contributed by atoms with Gasteiger partial charge in [-0.25, -0.2) is 4.79 Å². The number of ether oxygens (including phenoxy) is 2. The quantitative estimate of drug-likeness (QED) is 0.765. The molecule has 21 heavy (non-hydrogen) atoms. The van der Waals surface area contributed by atoms with Gasteiger partial charge in [0.15, 0.2) is 18.1 Å². The van der Waals surface area contributed by atoms with Gasteiger partial charge in [-0.05, 0) is 30.5 Å². The average Bonchev–Trinajstić information content (AvgIpc) is 2.44. The number of nitrogens with one attached hydrogen (secondary N) is 1. The number of amides is 1. The number of carbonyl (C=O) groups is 2. The van der Waals surface area contributed by atoms with Crippen LogP contribution in [0.15, 0.2) is 18.2 Å². The lowest BCUT2D eigenvalue weighted by Crippen LogP contribution is -2.30. The van der Waals surface area contributed by atoms with Crippen molar-refractivity contribution in [2.24, 2.45) is 5.92 Å². The lowest BCUT2D eigenvalue weighted by Gasteiger charge is -2.12. The van der Waals surface area contributed by atoms with Crippen molar-refractivity contribution in [1.82, 2.24) is 5.32 Å². The Morgan fingerprint density at radius 1 is 1.29 bits per heavy atom. The molecule has 0 spiro atoms. The summed E-state index contributed by atoms with van der Waals surface area (Å²) in [5.74, 6) is -0.188. The summed E-state index contributed by atoms with van der Waals surface area (Å²) in [4.78, 5) is 22.5. The van der Waals surface area contributed by atoms with E-state index in [9.17, 15) is 9.59 Å². The van der Waals surface area contributed by atoms with E-state index in [0.29, 0.717) is 18.2 Å². The summed E-state index contributed by atoms with van der Waals surface area (Å²) < 4.78 is 10.4. The van der Waals surface area contributed by atoms with E-state index in [1.54, 1.807) is 0 Å². The minimum atomic E-state index is -1.07. The molecule has 6 nitrogen and oxygen atoms in total. The summed E-state index contributed by atoms with van der Waals surface area (Å²) in [7, 11) is 1.45. The largest absolute Gasteiger partial charge is 0.493 e. The van der Waals surface area contributed by atoms with Gasteiger partial charge in [-0.3, -0.25) is 4.79 Å². The second-order valence-electron chi connectivity index (χ2n) is 4.99. The van der Waals surface area contributed by atoms with Gasteiger partial charge < -0.3 is 19.9 Å². The van der Waals surface area contributed by atoms with Gasteiger partial charge >= 0.3 is 5.97 Å². The van der Waals surface area contributed by atoms with Crippen LogP contribution in [0, 0.1) is 5.92 Å². The third kappa shape index (κ3) is 5.72. The van der Waals surface area contributed by atoms with Crippen molar-refractivity contribution in [3.63, 3.8) is 0 Å². The molecule has 0 saturated heterocycles. The second kappa shape index (κ2) is 8.14. The van der Waals surface area contributed by atoms with Crippen LogP contribution in [-0.2, 0) is 4.79 Å². The molecule has 0 bridgehead atoms. The van der Waals surface area contributed by atoms with Crippen molar-refractivity contribution in [1.29, 1.82) is 0 Å². The Morgan fingerprint density at radius 2 is 2.00 bits per heavy atom. The predicted octanol–water partition coefficient (Wildman–Crippen LogP) is 1.93. The lowest BCUT2D eigenvalue weighted by atomic mass is 10.1. The van der Waals surface area contributed by atoms with Gasteiger partial charge in [-0.1, -0.05) is 13.8 Å². The van der Waals surface area contributed by atoms with E-state index < -0.39 is 5.97 Å². The molecule has 0 heterocycles. The van der Waals surface area contributed by atoms with Crippen molar-refractivity contribution in [3.05, 3.63) is 23.8 Å². The molecule has 1 aromatic rings. The molecular weight excluding hydrogens is 274 g/mol. The molecule has 0 unspecified atom stereocenters. The van der Waals surface area contributed by atoms with Crippen LogP contribution in [0.1, 0.15) is 30.6 Å². The van der Waals surface area contributed by atoms with Crippen molar-refractivity contribution in [3.8, 4) is 11.5 Å². The number of hydrogen-bond donors (Lipinski definition) is 2. The maximum absolute atomic E-state index is 11.6. The first-order valence-electron chi connectivity index (χ1n) is 6.75. The fourth-order valence-corrected chi connectivity index (χ4v) is 1.62. The van der Waals surface area contributed by atoms with Gasteiger partial charge in [0.05, 0.1) is 12.7 Å². The topological polar surface area (TPSA) is 84.9 Å². The summed E-state index contributed by atoms with van der Waals surface area (Å²) >= 11 is 0. The standard InChI is InChI=1S/C15H21NO5/c1-10(2)6-7-16-14(17)9-21-13-8-11(15(18)19)4-5-12(13)20-3/h4-5,8,10H,6-7,9H2,1-3H3,(H,16,17)(H,18,19). The smallest absolute Gasteiger partial charge is 0.335 e. The maximum Gasteiger partial charge on any atom is 0.335 e. The summed E-state index contributed by atoms with van der Waals surface area (Å²) in [6.45, 7) is 4.56. The van der Waals surface area contributed by atoms with Gasteiger partial charge in [0.1, 0.15) is 0 Å². The van der Waals surface area contributed by atoms with E-state index in [0.717, 1.165) is 6.42 Å². The van der Waals surface area contributed by atoms with Crippen LogP contribution >= 0.6 is 0 Å². The molecule has 1 rings (SSSR count). The first kappa shape index (κ1) is 16.8. The van der Waals surface area contributed by atoms with E-state index in [-0.39, 0.29) is 23.8 Å². The van der Waals surface area contributed by atoms with Crippen LogP contribution < -0.4 is 14.8 Å². The number of methoxy groups -OCH3 is 1. The van der Waals surface area contributed by atoms with E-state index in [2.05, 4.69) is 19.2 Å². The highest BCUT2D eigenvalue weighted by molar-refractivity contribution is 5.88. The van der Waals surface area contributed by atoms with Crippen LogP contribution in [0.2, 0.25) is 0 Å². The van der Waals surface area contributed by atoms with Crippen molar-refractivity contribution >= 4 is 11.9 Å². The normalized spacial score (nSPS) is 10.3. The highest BCUT2D eigenvalue weighted by atomic mass is 16.5. The fraction of sp³-hybridized carbons (Fsp3) is 0.467.